The predicted molar refractivity (Wildman–Crippen MR) is 79.1 cm³/mol. The number of thioether (sulfide) groups is 1. The van der Waals surface area contributed by atoms with Gasteiger partial charge in [-0.25, -0.2) is 8.42 Å². The van der Waals surface area contributed by atoms with E-state index >= 15 is 0 Å². The number of carbonyl (C=O) groups is 1. The van der Waals surface area contributed by atoms with Crippen LogP contribution in [-0.4, -0.2) is 31.6 Å². The zero-order chi connectivity index (χ0) is 14.5. The lowest BCUT2D eigenvalue weighted by molar-refractivity contribution is -0.117. The first-order valence-electron chi connectivity index (χ1n) is 5.47. The van der Waals surface area contributed by atoms with E-state index in [-0.39, 0.29) is 17.9 Å². The Hall–Kier alpha value is -0.920. The van der Waals surface area contributed by atoms with Gasteiger partial charge in [0.1, 0.15) is 0 Å². The van der Waals surface area contributed by atoms with Gasteiger partial charge in [-0.05, 0) is 18.2 Å². The van der Waals surface area contributed by atoms with Crippen LogP contribution < -0.4 is 11.5 Å². The van der Waals surface area contributed by atoms with Crippen LogP contribution in [0, 0.1) is 0 Å². The molecule has 1 amide bonds. The van der Waals surface area contributed by atoms with E-state index in [4.69, 9.17) is 23.1 Å². The lowest BCUT2D eigenvalue weighted by atomic mass is 10.3. The Balaban J connectivity index is 2.47. The van der Waals surface area contributed by atoms with Crippen LogP contribution in [0.1, 0.15) is 6.42 Å². The van der Waals surface area contributed by atoms with E-state index in [1.165, 1.54) is 11.8 Å². The van der Waals surface area contributed by atoms with Crippen LogP contribution >= 0.6 is 23.4 Å². The van der Waals surface area contributed by atoms with Gasteiger partial charge in [-0.3, -0.25) is 4.79 Å². The van der Waals surface area contributed by atoms with Gasteiger partial charge in [0.2, 0.25) is 5.91 Å². The van der Waals surface area contributed by atoms with Crippen LogP contribution in [0.25, 0.3) is 0 Å². The van der Waals surface area contributed by atoms with Gasteiger partial charge >= 0.3 is 0 Å². The summed E-state index contributed by atoms with van der Waals surface area (Å²) in [5.74, 6) is -0.475. The van der Waals surface area contributed by atoms with Crippen LogP contribution in [0.3, 0.4) is 0 Å². The molecule has 0 aliphatic heterocycles. The number of carbonyl (C=O) groups excluding carboxylic acids is 1. The molecule has 1 rings (SSSR count). The Morgan fingerprint density at radius 1 is 1.32 bits per heavy atom. The molecule has 1 aromatic carbocycles. The normalized spacial score (nSPS) is 11.4. The van der Waals surface area contributed by atoms with Crippen LogP contribution in [0.5, 0.6) is 0 Å². The summed E-state index contributed by atoms with van der Waals surface area (Å²) in [6.45, 7) is 0. The highest BCUT2D eigenvalue weighted by Gasteiger charge is 2.12. The quantitative estimate of drug-likeness (QED) is 0.582. The number of nitrogen functional groups attached to an aromatic ring is 1. The molecule has 5 nitrogen and oxygen atoms in total. The number of nitrogens with two attached hydrogens (primary N) is 2. The predicted octanol–water partition coefficient (Wildman–Crippen LogP) is 1.30. The first-order chi connectivity index (χ1) is 8.80. The van der Waals surface area contributed by atoms with Crippen molar-refractivity contribution in [1.29, 1.82) is 0 Å². The molecular formula is C11H15ClN2O3S2. The third-order valence-corrected chi connectivity index (χ3v) is 5.52. The molecule has 106 valence electrons. The lowest BCUT2D eigenvalue weighted by Crippen LogP contribution is -2.19. The molecule has 0 saturated carbocycles. The first kappa shape index (κ1) is 16.1. The number of halogens is 1. The molecule has 0 unspecified atom stereocenters. The molecule has 0 heterocycles. The van der Waals surface area contributed by atoms with Crippen molar-refractivity contribution < 1.29 is 13.2 Å². The maximum atomic E-state index is 11.6. The van der Waals surface area contributed by atoms with Gasteiger partial charge in [-0.2, -0.15) is 0 Å². The largest absolute Gasteiger partial charge is 0.398 e. The molecule has 0 bridgehead atoms. The second-order valence-corrected chi connectivity index (χ2v) is 7.78. The Morgan fingerprint density at radius 2 is 2.00 bits per heavy atom. The fourth-order valence-electron chi connectivity index (χ4n) is 1.29. The molecule has 0 saturated heterocycles. The summed E-state index contributed by atoms with van der Waals surface area (Å²) >= 11 is 7.10. The third kappa shape index (κ3) is 6.17. The van der Waals surface area contributed by atoms with Gasteiger partial charge in [0.25, 0.3) is 0 Å². The first-order valence-corrected chi connectivity index (χ1v) is 8.65. The van der Waals surface area contributed by atoms with Gasteiger partial charge in [-0.15, -0.1) is 11.8 Å². The Kier molecular flexibility index (Phi) is 5.96. The SMILES string of the molecule is NC(=O)CCS(=O)(=O)CCSc1ccc(Cl)cc1N. The fourth-order valence-corrected chi connectivity index (χ4v) is 4.14. The summed E-state index contributed by atoms with van der Waals surface area (Å²) in [6.07, 6.45) is -0.143. The van der Waals surface area contributed by atoms with Gasteiger partial charge in [0.05, 0.1) is 11.5 Å². The summed E-state index contributed by atoms with van der Waals surface area (Å²) in [5.41, 5.74) is 11.2. The van der Waals surface area contributed by atoms with Crippen molar-refractivity contribution in [2.24, 2.45) is 5.73 Å². The summed E-state index contributed by atoms with van der Waals surface area (Å²) < 4.78 is 23.2. The molecule has 0 radical (unpaired) electrons. The molecule has 1 aromatic rings. The third-order valence-electron chi connectivity index (χ3n) is 2.28. The number of primary amides is 1. The molecule has 0 atom stereocenters. The number of hydrogen-bond donors (Lipinski definition) is 2. The minimum absolute atomic E-state index is 0.0208. The van der Waals surface area contributed by atoms with Gasteiger partial charge in [0.15, 0.2) is 9.84 Å². The summed E-state index contributed by atoms with van der Waals surface area (Å²) in [5, 5.41) is 0.538. The van der Waals surface area contributed by atoms with E-state index in [9.17, 15) is 13.2 Å². The Labute approximate surface area is 121 Å². The van der Waals surface area contributed by atoms with E-state index in [0.717, 1.165) is 4.90 Å². The molecule has 0 spiro atoms. The Morgan fingerprint density at radius 3 is 2.58 bits per heavy atom. The highest BCUT2D eigenvalue weighted by molar-refractivity contribution is 8.00. The average Bonchev–Trinajstić information content (AvgIpc) is 2.29. The van der Waals surface area contributed by atoms with Gasteiger partial charge in [-0.1, -0.05) is 11.6 Å². The highest BCUT2D eigenvalue weighted by atomic mass is 35.5. The summed E-state index contributed by atoms with van der Waals surface area (Å²) in [7, 11) is -3.26. The molecule has 0 aliphatic rings. The van der Waals surface area contributed by atoms with Crippen molar-refractivity contribution in [1.82, 2.24) is 0 Å². The van der Waals surface area contributed by atoms with E-state index in [1.807, 2.05) is 0 Å². The maximum absolute atomic E-state index is 11.6. The Bertz CT molecular complexity index is 561. The molecule has 8 heteroatoms. The van der Waals surface area contributed by atoms with Crippen molar-refractivity contribution in [2.45, 2.75) is 11.3 Å². The molecule has 0 aliphatic carbocycles. The second-order valence-electron chi connectivity index (χ2n) is 3.90. The van der Waals surface area contributed by atoms with Crippen LogP contribution in [0.15, 0.2) is 23.1 Å². The smallest absolute Gasteiger partial charge is 0.218 e. The monoisotopic (exact) mass is 322 g/mol. The van der Waals surface area contributed by atoms with Crippen LogP contribution in [-0.2, 0) is 14.6 Å². The number of amides is 1. The number of benzene rings is 1. The van der Waals surface area contributed by atoms with Crippen molar-refractivity contribution in [2.75, 3.05) is 23.0 Å². The minimum atomic E-state index is -3.26. The van der Waals surface area contributed by atoms with E-state index in [1.54, 1.807) is 18.2 Å². The molecule has 19 heavy (non-hydrogen) atoms. The number of anilines is 1. The lowest BCUT2D eigenvalue weighted by Gasteiger charge is -2.06. The average molecular weight is 323 g/mol. The van der Waals surface area contributed by atoms with Crippen molar-refractivity contribution in [3.8, 4) is 0 Å². The molecule has 4 N–H and O–H groups in total. The summed E-state index contributed by atoms with van der Waals surface area (Å²) in [4.78, 5) is 11.3. The zero-order valence-corrected chi connectivity index (χ0v) is 12.5. The summed E-state index contributed by atoms with van der Waals surface area (Å²) in [6, 6.07) is 5.06. The standard InChI is InChI=1S/C11H15ClN2O3S2/c12-8-1-2-10(9(13)7-8)18-4-6-19(16,17)5-3-11(14)15/h1-2,7H,3-6,13H2,(H2,14,15). The molecule has 0 fully saturated rings. The topological polar surface area (TPSA) is 103 Å². The highest BCUT2D eigenvalue weighted by Crippen LogP contribution is 2.27. The van der Waals surface area contributed by atoms with E-state index in [2.05, 4.69) is 0 Å². The van der Waals surface area contributed by atoms with Crippen LogP contribution in [0.2, 0.25) is 5.02 Å². The van der Waals surface area contributed by atoms with E-state index in [0.29, 0.717) is 16.5 Å². The van der Waals surface area contributed by atoms with E-state index < -0.39 is 15.7 Å². The van der Waals surface area contributed by atoms with Gasteiger partial charge in [0, 0.05) is 27.8 Å². The van der Waals surface area contributed by atoms with Crippen LogP contribution in [0.4, 0.5) is 5.69 Å². The number of hydrogen-bond acceptors (Lipinski definition) is 5. The molecule has 0 aromatic heterocycles. The number of sulfone groups is 1. The van der Waals surface area contributed by atoms with Crippen molar-refractivity contribution in [3.05, 3.63) is 23.2 Å². The minimum Gasteiger partial charge on any atom is -0.398 e. The second kappa shape index (κ2) is 7.02. The van der Waals surface area contributed by atoms with Crippen molar-refractivity contribution >= 4 is 44.8 Å². The van der Waals surface area contributed by atoms with Gasteiger partial charge < -0.3 is 11.5 Å². The maximum Gasteiger partial charge on any atom is 0.218 e. The molecular weight excluding hydrogens is 308 g/mol. The van der Waals surface area contributed by atoms with Crippen molar-refractivity contribution in [3.63, 3.8) is 0 Å². The fraction of sp³-hybridized carbons (Fsp3) is 0.364. The zero-order valence-electron chi connectivity index (χ0n) is 10.1. The number of rotatable bonds is 7.